The Morgan fingerprint density at radius 2 is 2.40 bits per heavy atom. The van der Waals surface area contributed by atoms with Crippen molar-refractivity contribution in [2.75, 3.05) is 12.3 Å². The Morgan fingerprint density at radius 3 is 3.05 bits per heavy atom. The van der Waals surface area contributed by atoms with Crippen LogP contribution < -0.4 is 5.32 Å². The summed E-state index contributed by atoms with van der Waals surface area (Å²) in [6, 6.07) is 1.19. The smallest absolute Gasteiger partial charge is 0.238 e. The molecule has 2 heterocycles. The standard InChI is InChI=1S/C12H20N4O3S/c1-2-8-20(18,19)16-7-3-4-11(16)12(17)13-9-10-5-6-14-15-10/h5-6,11H,2-4,7-9H2,1H3,(H,13,17)(H,14,15). The zero-order valence-electron chi connectivity index (χ0n) is 11.5. The first kappa shape index (κ1) is 15.0. The number of hydrogen-bond donors (Lipinski definition) is 2. The number of nitrogens with zero attached hydrogens (tertiary/aromatic N) is 2. The summed E-state index contributed by atoms with van der Waals surface area (Å²) in [5.74, 6) is -0.145. The highest BCUT2D eigenvalue weighted by molar-refractivity contribution is 7.89. The van der Waals surface area contributed by atoms with Crippen molar-refractivity contribution in [3.05, 3.63) is 18.0 Å². The largest absolute Gasteiger partial charge is 0.349 e. The van der Waals surface area contributed by atoms with Crippen molar-refractivity contribution in [2.45, 2.75) is 38.8 Å². The fraction of sp³-hybridized carbons (Fsp3) is 0.667. The monoisotopic (exact) mass is 300 g/mol. The second-order valence-corrected chi connectivity index (χ2v) is 6.93. The number of aromatic amines is 1. The summed E-state index contributed by atoms with van der Waals surface area (Å²) in [6.07, 6.45) is 3.47. The number of sulfonamides is 1. The van der Waals surface area contributed by atoms with Crippen LogP contribution in [0.1, 0.15) is 31.9 Å². The van der Waals surface area contributed by atoms with E-state index < -0.39 is 16.1 Å². The number of nitrogens with one attached hydrogen (secondary N) is 2. The molecule has 0 saturated carbocycles. The molecule has 1 saturated heterocycles. The third kappa shape index (κ3) is 3.37. The summed E-state index contributed by atoms with van der Waals surface area (Å²) in [5, 5.41) is 9.30. The zero-order chi connectivity index (χ0) is 14.6. The predicted molar refractivity (Wildman–Crippen MR) is 74.2 cm³/mol. The molecular formula is C12H20N4O3S. The van der Waals surface area contributed by atoms with Gasteiger partial charge in [0, 0.05) is 12.7 Å². The van der Waals surface area contributed by atoms with Crippen molar-refractivity contribution in [2.24, 2.45) is 0 Å². The summed E-state index contributed by atoms with van der Waals surface area (Å²) in [4.78, 5) is 12.2. The van der Waals surface area contributed by atoms with Gasteiger partial charge in [-0.1, -0.05) is 6.92 Å². The lowest BCUT2D eigenvalue weighted by molar-refractivity contribution is -0.124. The van der Waals surface area contributed by atoms with E-state index in [0.29, 0.717) is 25.9 Å². The molecule has 0 bridgehead atoms. The fourth-order valence-electron chi connectivity index (χ4n) is 2.39. The average molecular weight is 300 g/mol. The van der Waals surface area contributed by atoms with E-state index in [9.17, 15) is 13.2 Å². The number of carbonyl (C=O) groups is 1. The number of amides is 1. The maximum Gasteiger partial charge on any atom is 0.238 e. The van der Waals surface area contributed by atoms with Gasteiger partial charge in [-0.3, -0.25) is 9.89 Å². The van der Waals surface area contributed by atoms with Gasteiger partial charge in [0.2, 0.25) is 15.9 Å². The number of H-pyrrole nitrogens is 1. The summed E-state index contributed by atoms with van der Waals surface area (Å²) in [7, 11) is -3.32. The lowest BCUT2D eigenvalue weighted by Gasteiger charge is -2.23. The molecule has 8 heteroatoms. The average Bonchev–Trinajstić information content (AvgIpc) is 3.07. The van der Waals surface area contributed by atoms with E-state index in [2.05, 4.69) is 15.5 Å². The molecule has 1 fully saturated rings. The maximum atomic E-state index is 12.2. The highest BCUT2D eigenvalue weighted by Gasteiger charge is 2.37. The van der Waals surface area contributed by atoms with E-state index in [-0.39, 0.29) is 11.7 Å². The molecule has 0 aliphatic carbocycles. The van der Waals surface area contributed by atoms with Crippen LogP contribution in [-0.2, 0) is 21.4 Å². The Labute approximate surface area is 118 Å². The Morgan fingerprint density at radius 1 is 1.60 bits per heavy atom. The normalized spacial score (nSPS) is 20.1. The predicted octanol–water partition coefficient (Wildman–Crippen LogP) is 0.230. The molecule has 0 radical (unpaired) electrons. The maximum absolute atomic E-state index is 12.2. The minimum atomic E-state index is -3.32. The Balaban J connectivity index is 1.98. The molecule has 112 valence electrons. The molecule has 0 aromatic carbocycles. The molecule has 7 nitrogen and oxygen atoms in total. The molecule has 1 aliphatic rings. The van der Waals surface area contributed by atoms with E-state index in [4.69, 9.17) is 0 Å². The van der Waals surface area contributed by atoms with Crippen LogP contribution in [0.3, 0.4) is 0 Å². The molecule has 1 unspecified atom stereocenters. The van der Waals surface area contributed by atoms with Crippen LogP contribution in [-0.4, -0.2) is 47.2 Å². The molecule has 1 aromatic rings. The highest BCUT2D eigenvalue weighted by atomic mass is 32.2. The first-order valence-electron chi connectivity index (χ1n) is 6.80. The molecule has 2 N–H and O–H groups in total. The number of hydrogen-bond acceptors (Lipinski definition) is 4. The highest BCUT2D eigenvalue weighted by Crippen LogP contribution is 2.22. The van der Waals surface area contributed by atoms with Crippen LogP contribution >= 0.6 is 0 Å². The van der Waals surface area contributed by atoms with Crippen molar-refractivity contribution in [3.8, 4) is 0 Å². The second-order valence-electron chi connectivity index (χ2n) is 4.88. The molecule has 1 aromatic heterocycles. The van der Waals surface area contributed by atoms with E-state index >= 15 is 0 Å². The van der Waals surface area contributed by atoms with Crippen LogP contribution in [0.5, 0.6) is 0 Å². The third-order valence-electron chi connectivity index (χ3n) is 3.34. The first-order valence-corrected chi connectivity index (χ1v) is 8.41. The summed E-state index contributed by atoms with van der Waals surface area (Å²) in [6.45, 7) is 2.59. The minimum absolute atomic E-state index is 0.0946. The Hall–Kier alpha value is -1.41. The van der Waals surface area contributed by atoms with Gasteiger partial charge in [0.1, 0.15) is 6.04 Å². The molecule has 1 amide bonds. The van der Waals surface area contributed by atoms with E-state index in [1.54, 1.807) is 12.3 Å². The van der Waals surface area contributed by atoms with Gasteiger partial charge >= 0.3 is 0 Å². The van der Waals surface area contributed by atoms with E-state index in [0.717, 1.165) is 12.1 Å². The number of rotatable bonds is 6. The van der Waals surface area contributed by atoms with E-state index in [1.165, 1.54) is 4.31 Å². The molecule has 20 heavy (non-hydrogen) atoms. The minimum Gasteiger partial charge on any atom is -0.349 e. The topological polar surface area (TPSA) is 95.2 Å². The van der Waals surface area contributed by atoms with Crippen LogP contribution in [0.25, 0.3) is 0 Å². The van der Waals surface area contributed by atoms with Gasteiger partial charge in [0.25, 0.3) is 0 Å². The Bertz CT molecular complexity index is 541. The van der Waals surface area contributed by atoms with Gasteiger partial charge in [-0.2, -0.15) is 9.40 Å². The second kappa shape index (κ2) is 6.36. The summed E-state index contributed by atoms with van der Waals surface area (Å²) in [5.41, 5.74) is 0.791. The van der Waals surface area contributed by atoms with Crippen LogP contribution in [0.4, 0.5) is 0 Å². The summed E-state index contributed by atoms with van der Waals surface area (Å²) >= 11 is 0. The van der Waals surface area contributed by atoms with Crippen LogP contribution in [0, 0.1) is 0 Å². The Kier molecular flexibility index (Phi) is 4.77. The van der Waals surface area contributed by atoms with Gasteiger partial charge in [-0.15, -0.1) is 0 Å². The van der Waals surface area contributed by atoms with Crippen molar-refractivity contribution < 1.29 is 13.2 Å². The third-order valence-corrected chi connectivity index (χ3v) is 5.41. The van der Waals surface area contributed by atoms with Crippen LogP contribution in [0.15, 0.2) is 12.3 Å². The molecule has 0 spiro atoms. The lowest BCUT2D eigenvalue weighted by atomic mass is 10.2. The molecular weight excluding hydrogens is 280 g/mol. The first-order chi connectivity index (χ1) is 9.54. The molecule has 2 rings (SSSR count). The number of carbonyl (C=O) groups excluding carboxylic acids is 1. The van der Waals surface area contributed by atoms with Gasteiger partial charge in [0.05, 0.1) is 18.0 Å². The van der Waals surface area contributed by atoms with E-state index in [1.807, 2.05) is 6.92 Å². The summed E-state index contributed by atoms with van der Waals surface area (Å²) < 4.78 is 25.6. The van der Waals surface area contributed by atoms with Crippen LogP contribution in [0.2, 0.25) is 0 Å². The van der Waals surface area contributed by atoms with Crippen molar-refractivity contribution in [1.82, 2.24) is 19.8 Å². The van der Waals surface area contributed by atoms with Gasteiger partial charge < -0.3 is 5.32 Å². The fourth-order valence-corrected chi connectivity index (χ4v) is 4.14. The zero-order valence-corrected chi connectivity index (χ0v) is 12.3. The van der Waals surface area contributed by atoms with Gasteiger partial charge in [0.15, 0.2) is 0 Å². The van der Waals surface area contributed by atoms with Crippen molar-refractivity contribution in [1.29, 1.82) is 0 Å². The quantitative estimate of drug-likeness (QED) is 0.786. The number of aromatic nitrogens is 2. The SMILES string of the molecule is CCCS(=O)(=O)N1CCCC1C(=O)NCc1ccn[nH]1. The van der Waals surface area contributed by atoms with Crippen molar-refractivity contribution >= 4 is 15.9 Å². The van der Waals surface area contributed by atoms with Gasteiger partial charge in [-0.25, -0.2) is 8.42 Å². The molecule has 1 atom stereocenters. The lowest BCUT2D eigenvalue weighted by Crippen LogP contribution is -2.46. The molecule has 1 aliphatic heterocycles. The van der Waals surface area contributed by atoms with Gasteiger partial charge in [-0.05, 0) is 25.3 Å². The van der Waals surface area contributed by atoms with Crippen molar-refractivity contribution in [3.63, 3.8) is 0 Å².